The minimum atomic E-state index is -3.67. The van der Waals surface area contributed by atoms with Crippen molar-refractivity contribution in [3.05, 3.63) is 65.4 Å². The number of nitrogens with one attached hydrogen (secondary N) is 2. The second-order valence-electron chi connectivity index (χ2n) is 6.53. The van der Waals surface area contributed by atoms with E-state index in [1.165, 1.54) is 12.1 Å². The van der Waals surface area contributed by atoms with E-state index in [2.05, 4.69) is 31.9 Å². The van der Waals surface area contributed by atoms with Crippen LogP contribution in [0.2, 0.25) is 0 Å². The summed E-state index contributed by atoms with van der Waals surface area (Å²) in [6.07, 6.45) is 2.23. The summed E-state index contributed by atoms with van der Waals surface area (Å²) >= 11 is 0. The lowest BCUT2D eigenvalue weighted by atomic mass is 10.1. The van der Waals surface area contributed by atoms with Crippen LogP contribution in [-0.2, 0) is 16.4 Å². The molecule has 0 aliphatic rings. The van der Waals surface area contributed by atoms with Gasteiger partial charge in [0.25, 0.3) is 0 Å². The minimum absolute atomic E-state index is 0.0990. The van der Waals surface area contributed by atoms with Crippen molar-refractivity contribution in [1.29, 1.82) is 0 Å². The number of hydrogen-bond acceptors (Lipinski definition) is 7. The third kappa shape index (κ3) is 5.48. The van der Waals surface area contributed by atoms with Crippen molar-refractivity contribution in [1.82, 2.24) is 15.2 Å². The zero-order chi connectivity index (χ0) is 20.1. The highest BCUT2D eigenvalue weighted by Crippen LogP contribution is 2.18. The highest BCUT2D eigenvalue weighted by molar-refractivity contribution is 7.89. The van der Waals surface area contributed by atoms with Crippen LogP contribution in [0.5, 0.6) is 0 Å². The van der Waals surface area contributed by atoms with Crippen molar-refractivity contribution in [2.24, 2.45) is 5.14 Å². The average molecular weight is 398 g/mol. The van der Waals surface area contributed by atoms with Crippen molar-refractivity contribution in [3.8, 4) is 0 Å². The molecule has 1 aromatic heterocycles. The third-order valence-corrected chi connectivity index (χ3v) is 4.93. The molecule has 0 aliphatic carbocycles. The summed E-state index contributed by atoms with van der Waals surface area (Å²) in [6, 6.07) is 12.6. The standard InChI is InChI=1S/C19H22N6O2S/c1-13-9-14(2)11-16(10-13)23-18-12-22-25-19(24-18)21-8-7-15-3-5-17(6-4-15)28(20,26)27/h3-6,9-12H,7-8H2,1-2H3,(H2,20,26,27)(H2,21,23,24,25). The summed E-state index contributed by atoms with van der Waals surface area (Å²) in [5, 5.41) is 19.4. The molecule has 0 bridgehead atoms. The minimum Gasteiger partial charge on any atom is -0.353 e. The molecule has 0 atom stereocenters. The van der Waals surface area contributed by atoms with Crippen LogP contribution in [0.25, 0.3) is 0 Å². The molecule has 0 radical (unpaired) electrons. The summed E-state index contributed by atoms with van der Waals surface area (Å²) in [6.45, 7) is 4.65. The van der Waals surface area contributed by atoms with Crippen molar-refractivity contribution in [2.45, 2.75) is 25.2 Å². The van der Waals surface area contributed by atoms with E-state index >= 15 is 0 Å². The maximum Gasteiger partial charge on any atom is 0.244 e. The molecule has 1 heterocycles. The lowest BCUT2D eigenvalue weighted by molar-refractivity contribution is 0.598. The summed E-state index contributed by atoms with van der Waals surface area (Å²) in [7, 11) is -3.67. The van der Waals surface area contributed by atoms with Gasteiger partial charge >= 0.3 is 0 Å². The van der Waals surface area contributed by atoms with Crippen LogP contribution in [0.4, 0.5) is 17.5 Å². The smallest absolute Gasteiger partial charge is 0.244 e. The number of hydrogen-bond donors (Lipinski definition) is 3. The van der Waals surface area contributed by atoms with Crippen molar-refractivity contribution < 1.29 is 8.42 Å². The lowest BCUT2D eigenvalue weighted by Gasteiger charge is -2.09. The molecular weight excluding hydrogens is 376 g/mol. The van der Waals surface area contributed by atoms with Gasteiger partial charge in [-0.05, 0) is 61.2 Å². The van der Waals surface area contributed by atoms with Crippen LogP contribution in [0.3, 0.4) is 0 Å². The van der Waals surface area contributed by atoms with Gasteiger partial charge in [0.05, 0.1) is 11.1 Å². The normalized spacial score (nSPS) is 11.2. The monoisotopic (exact) mass is 398 g/mol. The number of nitrogens with zero attached hydrogens (tertiary/aromatic N) is 3. The van der Waals surface area contributed by atoms with E-state index in [0.29, 0.717) is 24.7 Å². The molecule has 2 aromatic carbocycles. The molecule has 0 spiro atoms. The van der Waals surface area contributed by atoms with E-state index in [-0.39, 0.29) is 4.90 Å². The van der Waals surface area contributed by atoms with E-state index in [4.69, 9.17) is 5.14 Å². The Morgan fingerprint density at radius 1 is 1.04 bits per heavy atom. The van der Waals surface area contributed by atoms with Crippen LogP contribution in [0.15, 0.2) is 53.6 Å². The molecule has 146 valence electrons. The van der Waals surface area contributed by atoms with Crippen LogP contribution in [-0.4, -0.2) is 30.1 Å². The summed E-state index contributed by atoms with van der Waals surface area (Å²) < 4.78 is 22.6. The molecule has 28 heavy (non-hydrogen) atoms. The fourth-order valence-corrected chi connectivity index (χ4v) is 3.31. The first-order valence-electron chi connectivity index (χ1n) is 8.70. The fraction of sp³-hybridized carbons (Fsp3) is 0.211. The van der Waals surface area contributed by atoms with Gasteiger partial charge in [0.15, 0.2) is 5.82 Å². The fourth-order valence-electron chi connectivity index (χ4n) is 2.80. The van der Waals surface area contributed by atoms with E-state index in [1.54, 1.807) is 18.3 Å². The first kappa shape index (κ1) is 19.7. The van der Waals surface area contributed by atoms with Gasteiger partial charge in [0.2, 0.25) is 16.0 Å². The van der Waals surface area contributed by atoms with Crippen LogP contribution >= 0.6 is 0 Å². The Morgan fingerprint density at radius 2 is 1.71 bits per heavy atom. The molecule has 9 heteroatoms. The van der Waals surface area contributed by atoms with Gasteiger partial charge in [-0.25, -0.2) is 13.6 Å². The Balaban J connectivity index is 1.59. The van der Waals surface area contributed by atoms with E-state index in [0.717, 1.165) is 22.4 Å². The molecule has 0 fully saturated rings. The Morgan fingerprint density at radius 3 is 2.36 bits per heavy atom. The Hall–Kier alpha value is -3.04. The Labute approximate surface area is 164 Å². The Bertz CT molecular complexity index is 1050. The maximum atomic E-state index is 11.3. The van der Waals surface area contributed by atoms with E-state index in [9.17, 15) is 8.42 Å². The quantitative estimate of drug-likeness (QED) is 0.559. The van der Waals surface area contributed by atoms with Crippen LogP contribution in [0.1, 0.15) is 16.7 Å². The van der Waals surface area contributed by atoms with Crippen molar-refractivity contribution in [2.75, 3.05) is 17.2 Å². The van der Waals surface area contributed by atoms with Gasteiger partial charge in [-0.15, -0.1) is 5.10 Å². The molecule has 3 aromatic rings. The maximum absolute atomic E-state index is 11.3. The van der Waals surface area contributed by atoms with E-state index in [1.807, 2.05) is 26.0 Å². The summed E-state index contributed by atoms with van der Waals surface area (Å²) in [5.41, 5.74) is 4.24. The van der Waals surface area contributed by atoms with Crippen molar-refractivity contribution >= 4 is 27.5 Å². The van der Waals surface area contributed by atoms with Gasteiger partial charge in [0.1, 0.15) is 0 Å². The second-order valence-corrected chi connectivity index (χ2v) is 8.09. The highest BCUT2D eigenvalue weighted by atomic mass is 32.2. The van der Waals surface area contributed by atoms with Crippen molar-refractivity contribution in [3.63, 3.8) is 0 Å². The number of nitrogens with two attached hydrogens (primary N) is 1. The van der Waals surface area contributed by atoms with Crippen LogP contribution < -0.4 is 15.8 Å². The van der Waals surface area contributed by atoms with Gasteiger partial charge in [0, 0.05) is 12.2 Å². The lowest BCUT2D eigenvalue weighted by Crippen LogP contribution is -2.12. The number of anilines is 3. The predicted molar refractivity (Wildman–Crippen MR) is 109 cm³/mol. The molecule has 0 unspecified atom stereocenters. The topological polar surface area (TPSA) is 123 Å². The molecule has 3 rings (SSSR count). The molecule has 4 N–H and O–H groups in total. The molecule has 0 aliphatic heterocycles. The zero-order valence-corrected chi connectivity index (χ0v) is 16.5. The number of benzene rings is 2. The van der Waals surface area contributed by atoms with E-state index < -0.39 is 10.0 Å². The predicted octanol–water partition coefficient (Wildman–Crippen LogP) is 2.53. The first-order chi connectivity index (χ1) is 13.3. The third-order valence-electron chi connectivity index (χ3n) is 4.00. The SMILES string of the molecule is Cc1cc(C)cc(Nc2cnnc(NCCc3ccc(S(N)(=O)=O)cc3)n2)c1. The number of rotatable bonds is 7. The summed E-state index contributed by atoms with van der Waals surface area (Å²) in [5.74, 6) is 1.01. The molecule has 0 amide bonds. The molecule has 0 saturated heterocycles. The van der Waals surface area contributed by atoms with Gasteiger partial charge in [-0.3, -0.25) is 0 Å². The van der Waals surface area contributed by atoms with Gasteiger partial charge < -0.3 is 10.6 Å². The number of aryl methyl sites for hydroxylation is 2. The summed E-state index contributed by atoms with van der Waals surface area (Å²) in [4.78, 5) is 4.51. The Kier molecular flexibility index (Phi) is 5.86. The first-order valence-corrected chi connectivity index (χ1v) is 10.2. The van der Waals surface area contributed by atoms with Gasteiger partial charge in [-0.1, -0.05) is 18.2 Å². The molecular formula is C19H22N6O2S. The second kappa shape index (κ2) is 8.32. The highest BCUT2D eigenvalue weighted by Gasteiger charge is 2.07. The zero-order valence-electron chi connectivity index (χ0n) is 15.7. The number of sulfonamides is 1. The van der Waals surface area contributed by atoms with Crippen LogP contribution in [0, 0.1) is 13.8 Å². The number of aromatic nitrogens is 3. The number of primary sulfonamides is 1. The molecule has 0 saturated carbocycles. The van der Waals surface area contributed by atoms with Gasteiger partial charge in [-0.2, -0.15) is 10.1 Å². The average Bonchev–Trinajstić information content (AvgIpc) is 2.61. The molecule has 8 nitrogen and oxygen atoms in total. The largest absolute Gasteiger partial charge is 0.353 e.